The molecule has 46 heavy (non-hydrogen) atoms. The first kappa shape index (κ1) is 35.6. The van der Waals surface area contributed by atoms with Crippen LogP contribution in [0.15, 0.2) is 12.1 Å². The number of carbonyl (C=O) groups is 3. The van der Waals surface area contributed by atoms with Crippen LogP contribution in [0.2, 0.25) is 0 Å². The Hall–Kier alpha value is -3.29. The Labute approximate surface area is 269 Å². The van der Waals surface area contributed by atoms with Gasteiger partial charge < -0.3 is 39.0 Å². The van der Waals surface area contributed by atoms with E-state index in [-0.39, 0.29) is 99.1 Å². The van der Waals surface area contributed by atoms with Gasteiger partial charge >= 0.3 is 0 Å². The number of nitrogens with one attached hydrogen (secondary N) is 1. The Bertz CT molecular complexity index is 1340. The first-order valence-corrected chi connectivity index (χ1v) is 16.4. The minimum Gasteiger partial charge on any atom is -0.487 e. The lowest BCUT2D eigenvalue weighted by atomic mass is 9.83. The molecule has 2 fully saturated rings. The number of hydrogen-bond acceptors (Lipinski definition) is 7. The summed E-state index contributed by atoms with van der Waals surface area (Å²) < 4.78 is 47.0. The quantitative estimate of drug-likeness (QED) is 0.284. The van der Waals surface area contributed by atoms with Crippen LogP contribution in [0.1, 0.15) is 62.9 Å². The van der Waals surface area contributed by atoms with Crippen molar-refractivity contribution in [1.29, 1.82) is 0 Å². The van der Waals surface area contributed by atoms with Crippen LogP contribution in [-0.4, -0.2) is 109 Å². The highest BCUT2D eigenvalue weighted by molar-refractivity contribution is 6.00. The molecule has 1 aliphatic carbocycles. The Morgan fingerprint density at radius 1 is 0.957 bits per heavy atom. The molecule has 1 aliphatic heterocycles. The molecule has 1 aromatic carbocycles. The van der Waals surface area contributed by atoms with E-state index in [0.29, 0.717) is 25.0 Å². The predicted molar refractivity (Wildman–Crippen MR) is 167 cm³/mol. The van der Waals surface area contributed by atoms with Crippen molar-refractivity contribution >= 4 is 28.6 Å². The van der Waals surface area contributed by atoms with Gasteiger partial charge in [-0.2, -0.15) is 4.39 Å². The molecule has 0 bridgehead atoms. The second-order valence-electron chi connectivity index (χ2n) is 12.1. The summed E-state index contributed by atoms with van der Waals surface area (Å²) in [4.78, 5) is 43.6. The fourth-order valence-corrected chi connectivity index (χ4v) is 6.14. The highest BCUT2D eigenvalue weighted by Crippen LogP contribution is 2.34. The number of hydrogen-bond donors (Lipinski definition) is 2. The number of aryl methyl sites for hydroxylation is 1. The topological polar surface area (TPSA) is 123 Å². The van der Waals surface area contributed by atoms with Gasteiger partial charge in [0, 0.05) is 50.6 Å². The molecule has 0 unspecified atom stereocenters. The van der Waals surface area contributed by atoms with Crippen molar-refractivity contribution in [3.05, 3.63) is 29.5 Å². The normalized spacial score (nSPS) is 17.3. The molecule has 0 spiro atoms. The summed E-state index contributed by atoms with van der Waals surface area (Å²) in [7, 11) is 1.61. The van der Waals surface area contributed by atoms with E-state index in [1.807, 2.05) is 13.8 Å². The van der Waals surface area contributed by atoms with Gasteiger partial charge in [-0.15, -0.1) is 0 Å². The van der Waals surface area contributed by atoms with Crippen LogP contribution in [0.5, 0.6) is 5.75 Å². The summed E-state index contributed by atoms with van der Waals surface area (Å²) in [5.41, 5.74) is 0.541. The third-order valence-electron chi connectivity index (χ3n) is 9.12. The third-order valence-corrected chi connectivity index (χ3v) is 9.12. The molecule has 2 heterocycles. The molecule has 2 atom stereocenters. The minimum absolute atomic E-state index is 0.0523. The van der Waals surface area contributed by atoms with Crippen LogP contribution in [-0.2, 0) is 26.1 Å². The molecule has 2 aliphatic rings. The number of fused-ring (bicyclic) bond motifs is 1. The summed E-state index contributed by atoms with van der Waals surface area (Å²) in [5.74, 6) is -3.16. The van der Waals surface area contributed by atoms with E-state index in [1.54, 1.807) is 16.8 Å². The van der Waals surface area contributed by atoms with E-state index in [2.05, 4.69) is 5.32 Å². The summed E-state index contributed by atoms with van der Waals surface area (Å²) in [6.07, 6.45) is 5.70. The number of halogens is 2. The van der Waals surface area contributed by atoms with Gasteiger partial charge in [-0.1, -0.05) is 33.1 Å². The number of aliphatic hydroxyl groups excluding tert-OH is 1. The number of piperazine rings is 1. The van der Waals surface area contributed by atoms with Crippen LogP contribution >= 0.6 is 0 Å². The minimum atomic E-state index is -1.15. The predicted octanol–water partition coefficient (Wildman–Crippen LogP) is 3.26. The maximum Gasteiger partial charge on any atom is 0.270 e. The summed E-state index contributed by atoms with van der Waals surface area (Å²) >= 11 is 0. The first-order chi connectivity index (χ1) is 22.2. The molecule has 4 rings (SSSR count). The van der Waals surface area contributed by atoms with Gasteiger partial charge in [0.2, 0.25) is 17.6 Å². The zero-order valence-electron chi connectivity index (χ0n) is 27.2. The molecule has 256 valence electrons. The van der Waals surface area contributed by atoms with Crippen molar-refractivity contribution < 1.29 is 42.5 Å². The lowest BCUT2D eigenvalue weighted by molar-refractivity contribution is -0.140. The zero-order chi connectivity index (χ0) is 33.2. The van der Waals surface area contributed by atoms with Gasteiger partial charge in [0.15, 0.2) is 11.6 Å². The van der Waals surface area contributed by atoms with Crippen molar-refractivity contribution in [3.8, 4) is 5.75 Å². The zero-order valence-corrected chi connectivity index (χ0v) is 27.2. The smallest absolute Gasteiger partial charge is 0.270 e. The van der Waals surface area contributed by atoms with Crippen LogP contribution in [0, 0.1) is 23.5 Å². The van der Waals surface area contributed by atoms with E-state index in [0.717, 1.165) is 38.2 Å². The van der Waals surface area contributed by atoms with Crippen LogP contribution in [0.4, 0.5) is 8.78 Å². The third kappa shape index (κ3) is 8.54. The largest absolute Gasteiger partial charge is 0.487 e. The van der Waals surface area contributed by atoms with Gasteiger partial charge in [0.05, 0.1) is 38.6 Å². The number of carbonyl (C=O) groups excluding carboxylic acids is 3. The number of rotatable bonds is 15. The van der Waals surface area contributed by atoms with Crippen molar-refractivity contribution in [3.63, 3.8) is 0 Å². The fraction of sp³-hybridized carbons (Fsp3) is 0.667. The van der Waals surface area contributed by atoms with Crippen LogP contribution in [0.25, 0.3) is 10.9 Å². The number of ether oxygens (including phenoxy) is 3. The van der Waals surface area contributed by atoms with Gasteiger partial charge in [0.1, 0.15) is 18.3 Å². The molecule has 0 radical (unpaired) electrons. The Morgan fingerprint density at radius 3 is 2.24 bits per heavy atom. The molecule has 1 saturated heterocycles. The summed E-state index contributed by atoms with van der Waals surface area (Å²) in [6.45, 7) is 5.72. The van der Waals surface area contributed by atoms with E-state index in [9.17, 15) is 23.2 Å². The van der Waals surface area contributed by atoms with E-state index in [4.69, 9.17) is 19.3 Å². The van der Waals surface area contributed by atoms with E-state index in [1.165, 1.54) is 10.6 Å². The fourth-order valence-electron chi connectivity index (χ4n) is 6.14. The monoisotopic (exact) mass is 650 g/mol. The van der Waals surface area contributed by atoms with Crippen LogP contribution in [0.3, 0.4) is 0 Å². The van der Waals surface area contributed by atoms with Crippen LogP contribution < -0.4 is 10.1 Å². The maximum absolute atomic E-state index is 14.9. The second kappa shape index (κ2) is 17.0. The molecular formula is C33H48F2N4O7. The van der Waals surface area contributed by atoms with Gasteiger partial charge in [0.25, 0.3) is 5.91 Å². The molecule has 1 saturated carbocycles. The Kier molecular flexibility index (Phi) is 13.2. The maximum atomic E-state index is 14.9. The molecular weight excluding hydrogens is 602 g/mol. The van der Waals surface area contributed by atoms with Crippen molar-refractivity contribution in [2.24, 2.45) is 18.9 Å². The number of amides is 3. The first-order valence-electron chi connectivity index (χ1n) is 16.4. The number of aliphatic hydroxyl groups is 1. The summed E-state index contributed by atoms with van der Waals surface area (Å²) in [5, 5.41) is 12.0. The Balaban J connectivity index is 1.41. The van der Waals surface area contributed by atoms with Crippen molar-refractivity contribution in [2.45, 2.75) is 58.4 Å². The average Bonchev–Trinajstić information content (AvgIpc) is 3.40. The molecule has 2 aromatic rings. The van der Waals surface area contributed by atoms with Gasteiger partial charge in [-0.3, -0.25) is 14.4 Å². The molecule has 13 heteroatoms. The average molecular weight is 651 g/mol. The lowest BCUT2D eigenvalue weighted by Gasteiger charge is -2.39. The Morgan fingerprint density at radius 2 is 1.59 bits per heavy atom. The number of nitrogens with zero attached hydrogens (tertiary/aromatic N) is 3. The van der Waals surface area contributed by atoms with Crippen molar-refractivity contribution in [2.75, 3.05) is 65.8 Å². The van der Waals surface area contributed by atoms with E-state index < -0.39 is 17.7 Å². The number of benzene rings is 1. The second-order valence-corrected chi connectivity index (χ2v) is 12.1. The molecule has 3 amide bonds. The van der Waals surface area contributed by atoms with Gasteiger partial charge in [-0.05, 0) is 31.2 Å². The molecule has 1 aromatic heterocycles. The van der Waals surface area contributed by atoms with E-state index >= 15 is 0 Å². The van der Waals surface area contributed by atoms with Gasteiger partial charge in [-0.25, -0.2) is 4.39 Å². The number of aromatic nitrogens is 1. The standard InChI is InChI=1S/C33H48F2N4O7/c1-4-22(2)31(41)36-29(23-8-6-5-7-9-23)33(43)39-12-10-38(11-13-39)32(42)27-20-24-26(37(27)3)21-25(34)28(35)30(24)46-19-18-45-17-16-44-15-14-40/h20-23,29,40H,4-19H2,1-3H3,(H,36,41)/t22-,29+/m1/s1. The highest BCUT2D eigenvalue weighted by Gasteiger charge is 2.36. The highest BCUT2D eigenvalue weighted by atomic mass is 19.2. The summed E-state index contributed by atoms with van der Waals surface area (Å²) in [6, 6.07) is 1.97. The molecule has 11 nitrogen and oxygen atoms in total. The molecule has 2 N–H and O–H groups in total. The van der Waals surface area contributed by atoms with Crippen molar-refractivity contribution in [1.82, 2.24) is 19.7 Å². The SMILES string of the molecule is CC[C@@H](C)C(=O)N[C@H](C(=O)N1CCN(C(=O)c2cc3c(OCCOCCOCCO)c(F)c(F)cc3n2C)CC1)C1CCCCC1. The lowest BCUT2D eigenvalue weighted by Crippen LogP contribution is -2.58.